The Kier molecular flexibility index (Phi) is 14.3. The van der Waals surface area contributed by atoms with Crippen LogP contribution >= 0.6 is 35.3 Å². The third kappa shape index (κ3) is 9.68. The van der Waals surface area contributed by atoms with E-state index in [4.69, 9.17) is 0 Å². The topological polar surface area (TPSA) is 0 Å². The number of aryl methyl sites for hydroxylation is 1. The summed E-state index contributed by atoms with van der Waals surface area (Å²) >= 11 is 6.25. The van der Waals surface area contributed by atoms with Crippen LogP contribution in [0.15, 0.2) is 26.8 Å². The van der Waals surface area contributed by atoms with Gasteiger partial charge in [-0.15, -0.1) is 35.3 Å². The molecule has 0 atom stereocenters. The molecule has 1 aromatic rings. The van der Waals surface area contributed by atoms with Gasteiger partial charge < -0.3 is 0 Å². The molecule has 0 N–H and O–H groups in total. The van der Waals surface area contributed by atoms with E-state index in [9.17, 15) is 0 Å². The summed E-state index contributed by atoms with van der Waals surface area (Å²) in [4.78, 5) is 4.64. The molecule has 1 rings (SSSR count). The van der Waals surface area contributed by atoms with Crippen LogP contribution in [0.4, 0.5) is 0 Å². The molecule has 0 aromatic heterocycles. The first-order chi connectivity index (χ1) is 12.3. The van der Waals surface area contributed by atoms with Gasteiger partial charge in [-0.05, 0) is 67.1 Å². The molecule has 0 unspecified atom stereocenters. The molecular weight excluding hydrogens is 360 g/mol. The molecule has 0 saturated heterocycles. The lowest BCUT2D eigenvalue weighted by atomic mass is 10.1. The fraction of sp³-hybridized carbons (Fsp3) is 0.682. The Morgan fingerprint density at radius 1 is 0.720 bits per heavy atom. The molecule has 3 heteroatoms. The lowest BCUT2D eigenvalue weighted by molar-refractivity contribution is 0.829. The molecule has 0 fully saturated rings. The molecule has 0 aliphatic carbocycles. The lowest BCUT2D eigenvalue weighted by Crippen LogP contribution is -1.94. The largest absolute Gasteiger partial charge is 0.125 e. The van der Waals surface area contributed by atoms with Crippen molar-refractivity contribution in [3.63, 3.8) is 0 Å². The molecule has 0 saturated carbocycles. The predicted molar refractivity (Wildman–Crippen MR) is 122 cm³/mol. The Morgan fingerprint density at radius 3 is 1.64 bits per heavy atom. The quantitative estimate of drug-likeness (QED) is 0.215. The third-order valence-electron chi connectivity index (χ3n) is 4.05. The van der Waals surface area contributed by atoms with Crippen molar-refractivity contribution < 1.29 is 0 Å². The monoisotopic (exact) mass is 397 g/mol. The minimum atomic E-state index is 1.03. The van der Waals surface area contributed by atoms with E-state index >= 15 is 0 Å². The number of hydrogen-bond donors (Lipinski definition) is 0. The van der Waals surface area contributed by atoms with E-state index in [1.807, 2.05) is 0 Å². The highest BCUT2D eigenvalue weighted by atomic mass is 32.2. The van der Waals surface area contributed by atoms with Gasteiger partial charge in [0, 0.05) is 14.7 Å². The van der Waals surface area contributed by atoms with Crippen LogP contribution in [0, 0.1) is 6.92 Å². The molecule has 0 spiro atoms. The Balaban J connectivity index is 3.02. The van der Waals surface area contributed by atoms with Gasteiger partial charge in [0.05, 0.1) is 0 Å². The Morgan fingerprint density at radius 2 is 1.20 bits per heavy atom. The van der Waals surface area contributed by atoms with Gasteiger partial charge in [-0.2, -0.15) is 0 Å². The van der Waals surface area contributed by atoms with Crippen molar-refractivity contribution in [3.8, 4) is 0 Å². The highest BCUT2D eigenvalue weighted by molar-refractivity contribution is 8.03. The van der Waals surface area contributed by atoms with Crippen LogP contribution in [0.1, 0.15) is 77.7 Å². The predicted octanol–water partition coefficient (Wildman–Crippen LogP) is 8.52. The van der Waals surface area contributed by atoms with E-state index in [2.05, 4.69) is 75.1 Å². The maximum Gasteiger partial charge on any atom is 0.0344 e. The van der Waals surface area contributed by atoms with E-state index in [1.54, 1.807) is 4.90 Å². The molecular formula is C22H37S3. The van der Waals surface area contributed by atoms with Crippen LogP contribution in [0.2, 0.25) is 0 Å². The molecule has 0 aliphatic heterocycles. The summed E-state index contributed by atoms with van der Waals surface area (Å²) in [5.41, 5.74) is 1.52. The fourth-order valence-electron chi connectivity index (χ4n) is 2.43. The van der Waals surface area contributed by atoms with Gasteiger partial charge in [0.1, 0.15) is 0 Å². The fourth-order valence-corrected chi connectivity index (χ4v) is 6.50. The summed E-state index contributed by atoms with van der Waals surface area (Å²) in [6.45, 7) is 10.9. The second-order valence-electron chi connectivity index (χ2n) is 6.48. The average molecular weight is 398 g/mol. The number of rotatable bonds is 15. The number of hydrogen-bond acceptors (Lipinski definition) is 3. The summed E-state index contributed by atoms with van der Waals surface area (Å²) in [5.74, 6) is 3.74. The Labute approximate surface area is 170 Å². The molecule has 0 bridgehead atoms. The van der Waals surface area contributed by atoms with Gasteiger partial charge >= 0.3 is 0 Å². The second-order valence-corrected chi connectivity index (χ2v) is 9.86. The molecule has 0 aliphatic rings. The van der Waals surface area contributed by atoms with Crippen molar-refractivity contribution >= 4 is 35.3 Å². The van der Waals surface area contributed by atoms with E-state index < -0.39 is 0 Å². The molecule has 0 amide bonds. The minimum Gasteiger partial charge on any atom is -0.125 e. The Hall–Kier alpha value is 0.270. The standard InChI is InChI=1S/C22H37S3/c1-5-9-13-19-17-20(23-14-10-6-2)22(25-16-12-8-4)21(18-19)24-15-11-7-3/h17-18H,1,5-16H2,2-4H3. The maximum atomic E-state index is 4.02. The summed E-state index contributed by atoms with van der Waals surface area (Å²) in [7, 11) is 0. The molecule has 143 valence electrons. The van der Waals surface area contributed by atoms with Crippen molar-refractivity contribution in [2.45, 2.75) is 93.2 Å². The first-order valence-electron chi connectivity index (χ1n) is 10.1. The maximum absolute atomic E-state index is 4.02. The highest BCUT2D eigenvalue weighted by Gasteiger charge is 2.13. The van der Waals surface area contributed by atoms with E-state index in [1.165, 1.54) is 84.0 Å². The second kappa shape index (κ2) is 15.3. The first-order valence-corrected chi connectivity index (χ1v) is 13.1. The van der Waals surface area contributed by atoms with Crippen molar-refractivity contribution in [2.75, 3.05) is 17.3 Å². The van der Waals surface area contributed by atoms with Crippen LogP contribution in [0.25, 0.3) is 0 Å². The smallest absolute Gasteiger partial charge is 0.0344 e. The first kappa shape index (κ1) is 23.3. The van der Waals surface area contributed by atoms with Crippen molar-refractivity contribution in [1.29, 1.82) is 0 Å². The summed E-state index contributed by atoms with van der Waals surface area (Å²) in [6.07, 6.45) is 11.2. The van der Waals surface area contributed by atoms with Crippen LogP contribution in [0.3, 0.4) is 0 Å². The number of benzene rings is 1. The van der Waals surface area contributed by atoms with Crippen molar-refractivity contribution in [2.24, 2.45) is 0 Å². The Bertz CT molecular complexity index is 426. The minimum absolute atomic E-state index is 1.03. The van der Waals surface area contributed by atoms with Crippen LogP contribution < -0.4 is 0 Å². The summed E-state index contributed by atoms with van der Waals surface area (Å²) < 4.78 is 0. The molecule has 25 heavy (non-hydrogen) atoms. The molecule has 1 aromatic carbocycles. The van der Waals surface area contributed by atoms with Gasteiger partial charge in [-0.3, -0.25) is 0 Å². The van der Waals surface area contributed by atoms with E-state index in [0.717, 1.165) is 6.42 Å². The average Bonchev–Trinajstić information content (AvgIpc) is 2.62. The van der Waals surface area contributed by atoms with Gasteiger partial charge in [0.25, 0.3) is 0 Å². The van der Waals surface area contributed by atoms with Crippen LogP contribution in [-0.2, 0) is 6.42 Å². The molecule has 0 heterocycles. The van der Waals surface area contributed by atoms with E-state index in [-0.39, 0.29) is 0 Å². The zero-order chi connectivity index (χ0) is 18.3. The zero-order valence-electron chi connectivity index (χ0n) is 16.6. The molecule has 0 nitrogen and oxygen atoms in total. The van der Waals surface area contributed by atoms with E-state index in [0.29, 0.717) is 0 Å². The summed E-state index contributed by atoms with van der Waals surface area (Å²) in [5, 5.41) is 0. The zero-order valence-corrected chi connectivity index (χ0v) is 19.0. The van der Waals surface area contributed by atoms with Gasteiger partial charge in [-0.25, -0.2) is 0 Å². The van der Waals surface area contributed by atoms with Crippen LogP contribution in [0.5, 0.6) is 0 Å². The normalized spacial score (nSPS) is 11.2. The van der Waals surface area contributed by atoms with Crippen LogP contribution in [-0.4, -0.2) is 17.3 Å². The van der Waals surface area contributed by atoms with Gasteiger partial charge in [0.15, 0.2) is 0 Å². The van der Waals surface area contributed by atoms with Crippen molar-refractivity contribution in [3.05, 3.63) is 24.6 Å². The third-order valence-corrected chi connectivity index (χ3v) is 7.78. The number of thioether (sulfide) groups is 3. The van der Waals surface area contributed by atoms with Gasteiger partial charge in [0.2, 0.25) is 0 Å². The summed E-state index contributed by atoms with van der Waals surface area (Å²) in [6, 6.07) is 4.96. The number of unbranched alkanes of at least 4 members (excludes halogenated alkanes) is 4. The SMILES string of the molecule is [CH2]CCCc1cc(SCCCC)c(SCCCC)c(SCCCC)c1. The highest BCUT2D eigenvalue weighted by Crippen LogP contribution is 2.41. The van der Waals surface area contributed by atoms with Gasteiger partial charge in [-0.1, -0.05) is 53.4 Å². The molecule has 1 radical (unpaired) electrons. The lowest BCUT2D eigenvalue weighted by Gasteiger charge is -2.16. The van der Waals surface area contributed by atoms with Crippen molar-refractivity contribution in [1.82, 2.24) is 0 Å².